The van der Waals surface area contributed by atoms with E-state index in [0.29, 0.717) is 0 Å². The Morgan fingerprint density at radius 2 is 0.750 bits per heavy atom. The zero-order chi connectivity index (χ0) is 62.4. The molecule has 11 aromatic rings. The van der Waals surface area contributed by atoms with Crippen molar-refractivity contribution in [3.8, 4) is 67.1 Å². The van der Waals surface area contributed by atoms with Gasteiger partial charge in [0, 0.05) is 38.9 Å². The molecule has 1 unspecified atom stereocenters. The van der Waals surface area contributed by atoms with Crippen LogP contribution in [0.5, 0.6) is 11.5 Å². The van der Waals surface area contributed by atoms with Gasteiger partial charge in [-0.25, -0.2) is 0 Å². The molecule has 3 nitrogen and oxygen atoms in total. The first kappa shape index (κ1) is 58.6. The maximum atomic E-state index is 7.61. The van der Waals surface area contributed by atoms with E-state index in [1.807, 2.05) is 0 Å². The van der Waals surface area contributed by atoms with Gasteiger partial charge in [0.25, 0.3) is 0 Å². The minimum atomic E-state index is -0.202. The molecule has 0 saturated heterocycles. The normalized spacial score (nSPS) is 14.4. The highest BCUT2D eigenvalue weighted by molar-refractivity contribution is 6.20. The van der Waals surface area contributed by atoms with Crippen LogP contribution in [0.15, 0.2) is 199 Å². The summed E-state index contributed by atoms with van der Waals surface area (Å²) in [6.07, 6.45) is 0. The Kier molecular flexibility index (Phi) is 13.7. The third kappa shape index (κ3) is 10.5. The Labute approximate surface area is 524 Å². The van der Waals surface area contributed by atoms with Crippen molar-refractivity contribution in [1.29, 1.82) is 0 Å². The summed E-state index contributed by atoms with van der Waals surface area (Å²) in [5.74, 6) is 1.54. The average molecular weight is 1150 g/mol. The second-order valence-corrected chi connectivity index (χ2v) is 31.6. The maximum absolute atomic E-state index is 7.61. The Hall–Kier alpha value is -8.40. The second-order valence-electron chi connectivity index (χ2n) is 31.6. The lowest BCUT2D eigenvalue weighted by atomic mass is 9.74. The van der Waals surface area contributed by atoms with Crippen LogP contribution in [-0.4, -0.2) is 0 Å². The molecule has 10 aromatic carbocycles. The Morgan fingerprint density at radius 3 is 1.26 bits per heavy atom. The number of ether oxygens (including phenoxy) is 1. The van der Waals surface area contributed by atoms with Gasteiger partial charge in [-0.05, 0) is 158 Å². The first-order valence-electron chi connectivity index (χ1n) is 31.9. The number of fused-ring (bicyclic) bond motifs is 7. The van der Waals surface area contributed by atoms with E-state index in [2.05, 4.69) is 324 Å². The largest absolute Gasteiger partial charge is 0.457 e. The summed E-state index contributed by atoms with van der Waals surface area (Å²) in [5, 5.41) is 2.16. The number of furan rings is 1. The standard InChI is InChI=1S/C85H87NO2/c1-80(2,3)59-37-55(38-60(47-59)81(4,5)6)53-34-36-72-68(43-53)76-65-35-33-54(56-39-61(82(7,8)9)48-62(40-56)83(10,11)12)44-69(65)86(70-45-58(46-73(88-72)78(70)76)57-41-63(84(13,14)15)49-64(42-57)85(16,17)18)79-67(51-27-21-19-22-28-51)50-74-77(66-31-25-26-32-71(66)87-74)75(79)52-29-23-20-24-30-52/h19-50,76H,1-18H3. The molecule has 1 aromatic heterocycles. The molecular formula is C85H87NO2. The molecule has 3 heterocycles. The number of rotatable bonds is 6. The number of anilines is 3. The summed E-state index contributed by atoms with van der Waals surface area (Å²) >= 11 is 0. The highest BCUT2D eigenvalue weighted by atomic mass is 16.5. The smallest absolute Gasteiger partial charge is 0.136 e. The lowest BCUT2D eigenvalue weighted by molar-refractivity contribution is 0.453. The van der Waals surface area contributed by atoms with Crippen LogP contribution in [0.2, 0.25) is 0 Å². The van der Waals surface area contributed by atoms with Crippen molar-refractivity contribution in [2.75, 3.05) is 4.90 Å². The minimum absolute atomic E-state index is 0.0502. The Bertz CT molecular complexity index is 4470. The zero-order valence-corrected chi connectivity index (χ0v) is 55.3. The van der Waals surface area contributed by atoms with E-state index in [1.165, 1.54) is 66.8 Å². The first-order valence-corrected chi connectivity index (χ1v) is 31.9. The third-order valence-corrected chi connectivity index (χ3v) is 18.8. The van der Waals surface area contributed by atoms with Gasteiger partial charge < -0.3 is 14.1 Å². The van der Waals surface area contributed by atoms with Crippen molar-refractivity contribution < 1.29 is 9.15 Å². The van der Waals surface area contributed by atoms with Gasteiger partial charge in [0.2, 0.25) is 0 Å². The molecule has 13 rings (SSSR count). The van der Waals surface area contributed by atoms with Gasteiger partial charge in [-0.1, -0.05) is 276 Å². The third-order valence-electron chi connectivity index (χ3n) is 18.8. The lowest BCUT2D eigenvalue weighted by Crippen LogP contribution is -2.26. The molecule has 0 bridgehead atoms. The molecule has 0 spiro atoms. The molecule has 0 saturated carbocycles. The van der Waals surface area contributed by atoms with Crippen LogP contribution in [0.25, 0.3) is 77.6 Å². The van der Waals surface area contributed by atoms with Crippen LogP contribution in [0.3, 0.4) is 0 Å². The molecule has 0 aliphatic carbocycles. The summed E-state index contributed by atoms with van der Waals surface area (Å²) < 4.78 is 14.6. The highest BCUT2D eigenvalue weighted by Gasteiger charge is 2.42. The van der Waals surface area contributed by atoms with Gasteiger partial charge in [-0.3, -0.25) is 0 Å². The van der Waals surface area contributed by atoms with Gasteiger partial charge in [-0.15, -0.1) is 0 Å². The number of hydrogen-bond donors (Lipinski definition) is 0. The Morgan fingerprint density at radius 1 is 0.318 bits per heavy atom. The van der Waals surface area contributed by atoms with Gasteiger partial charge in [0.1, 0.15) is 22.7 Å². The summed E-state index contributed by atoms with van der Waals surface area (Å²) in [6.45, 7) is 42.0. The number of benzene rings is 10. The van der Waals surface area contributed by atoms with E-state index in [1.54, 1.807) is 0 Å². The van der Waals surface area contributed by atoms with Crippen molar-refractivity contribution in [2.24, 2.45) is 0 Å². The molecule has 2 aliphatic heterocycles. The number of hydrogen-bond acceptors (Lipinski definition) is 3. The predicted molar refractivity (Wildman–Crippen MR) is 375 cm³/mol. The zero-order valence-electron chi connectivity index (χ0n) is 55.3. The molecule has 2 aliphatic rings. The highest BCUT2D eigenvalue weighted by Crippen LogP contribution is 2.63. The van der Waals surface area contributed by atoms with Crippen molar-refractivity contribution >= 4 is 39.0 Å². The summed E-state index contributed by atoms with van der Waals surface area (Å²) in [4.78, 5) is 2.65. The summed E-state index contributed by atoms with van der Waals surface area (Å²) in [5.41, 5.74) is 27.4. The van der Waals surface area contributed by atoms with E-state index < -0.39 is 0 Å². The lowest BCUT2D eigenvalue weighted by Gasteiger charge is -2.43. The quantitative estimate of drug-likeness (QED) is 0.166. The van der Waals surface area contributed by atoms with Crippen molar-refractivity contribution in [2.45, 2.75) is 163 Å². The van der Waals surface area contributed by atoms with Crippen LogP contribution >= 0.6 is 0 Å². The molecule has 0 N–H and O–H groups in total. The molecule has 0 fully saturated rings. The molecular weight excluding hydrogens is 1070 g/mol. The van der Waals surface area contributed by atoms with Crippen LogP contribution in [0.4, 0.5) is 17.1 Å². The van der Waals surface area contributed by atoms with Crippen molar-refractivity contribution in [3.05, 3.63) is 244 Å². The maximum Gasteiger partial charge on any atom is 0.136 e. The van der Waals surface area contributed by atoms with E-state index in [0.717, 1.165) is 89.4 Å². The van der Waals surface area contributed by atoms with Crippen LogP contribution in [-0.2, 0) is 32.5 Å². The topological polar surface area (TPSA) is 25.6 Å². The van der Waals surface area contributed by atoms with Gasteiger partial charge in [-0.2, -0.15) is 0 Å². The summed E-state index contributed by atoms with van der Waals surface area (Å²) in [6, 6.07) is 74.1. The molecule has 88 heavy (non-hydrogen) atoms. The SMILES string of the molecule is CC(C)(C)c1cc(-c2ccc3c(c2)C2c4ccc(-c5cc(C(C)(C)C)cc(C(C)(C)C)c5)cc4N(c4c(-c5ccccc5)cc5oc6ccccc6c5c4-c4ccccc4)c4cc(-c5cc(C(C)(C)C)cc(C(C)(C)C)c5)cc(c42)O3)cc(C(C)(C)C)c1. The van der Waals surface area contributed by atoms with Crippen LogP contribution < -0.4 is 9.64 Å². The Balaban J connectivity index is 1.21. The number of nitrogens with zero attached hydrogens (tertiary/aromatic N) is 1. The monoisotopic (exact) mass is 1150 g/mol. The van der Waals surface area contributed by atoms with Crippen LogP contribution in [0.1, 0.15) is 181 Å². The fourth-order valence-electron chi connectivity index (χ4n) is 13.3. The van der Waals surface area contributed by atoms with Gasteiger partial charge in [0.15, 0.2) is 0 Å². The predicted octanol–water partition coefficient (Wildman–Crippen LogP) is 24.8. The van der Waals surface area contributed by atoms with E-state index in [-0.39, 0.29) is 38.4 Å². The first-order chi connectivity index (χ1) is 41.4. The molecule has 0 amide bonds. The summed E-state index contributed by atoms with van der Waals surface area (Å²) in [7, 11) is 0. The minimum Gasteiger partial charge on any atom is -0.457 e. The average Bonchev–Trinajstić information content (AvgIpc) is 0.911. The second kappa shape index (κ2) is 20.6. The molecule has 3 heteroatoms. The molecule has 0 radical (unpaired) electrons. The fraction of sp³-hybridized carbons (Fsp3) is 0.294. The molecule has 1 atom stereocenters. The van der Waals surface area contributed by atoms with E-state index in [4.69, 9.17) is 9.15 Å². The van der Waals surface area contributed by atoms with Crippen molar-refractivity contribution in [3.63, 3.8) is 0 Å². The van der Waals surface area contributed by atoms with Crippen molar-refractivity contribution in [1.82, 2.24) is 0 Å². The number of para-hydroxylation sites is 1. The van der Waals surface area contributed by atoms with E-state index >= 15 is 0 Å². The fourth-order valence-corrected chi connectivity index (χ4v) is 13.3. The van der Waals surface area contributed by atoms with Crippen LogP contribution in [0, 0.1) is 0 Å². The van der Waals surface area contributed by atoms with E-state index in [9.17, 15) is 0 Å². The van der Waals surface area contributed by atoms with Gasteiger partial charge >= 0.3 is 0 Å². The molecule has 444 valence electrons. The van der Waals surface area contributed by atoms with Gasteiger partial charge in [0.05, 0.1) is 17.1 Å².